The molecule has 0 heterocycles. The van der Waals surface area contributed by atoms with Crippen LogP contribution >= 0.6 is 0 Å². The molecule has 3 aromatic carbocycles. The second-order valence-electron chi connectivity index (χ2n) is 10.7. The summed E-state index contributed by atoms with van der Waals surface area (Å²) in [5.74, 6) is 2.50. The molecule has 6 nitrogen and oxygen atoms in total. The first-order chi connectivity index (χ1) is 19.6. The van der Waals surface area contributed by atoms with Crippen LogP contribution in [0.3, 0.4) is 0 Å². The Kier molecular flexibility index (Phi) is 11.3. The molecule has 4 rings (SSSR count). The van der Waals surface area contributed by atoms with E-state index < -0.39 is 0 Å². The number of methoxy groups -OCH3 is 2. The Labute approximate surface area is 239 Å². The van der Waals surface area contributed by atoms with E-state index in [2.05, 4.69) is 29.6 Å². The van der Waals surface area contributed by atoms with Crippen molar-refractivity contribution in [2.75, 3.05) is 20.8 Å². The van der Waals surface area contributed by atoms with Gasteiger partial charge in [0.15, 0.2) is 6.61 Å². The lowest BCUT2D eigenvalue weighted by Gasteiger charge is -2.19. The average molecular weight is 545 g/mol. The summed E-state index contributed by atoms with van der Waals surface area (Å²) in [5.41, 5.74) is 10.8. The topological polar surface area (TPSA) is 82.8 Å². The fourth-order valence-corrected chi connectivity index (χ4v) is 5.48. The Balaban J connectivity index is 1.23. The lowest BCUT2D eigenvalue weighted by atomic mass is 9.86. The van der Waals surface area contributed by atoms with E-state index in [1.54, 1.807) is 14.2 Å². The molecule has 0 spiro atoms. The van der Waals surface area contributed by atoms with Gasteiger partial charge in [0, 0.05) is 18.2 Å². The number of ether oxygens (including phenoxy) is 3. The maximum atomic E-state index is 12.4. The Morgan fingerprint density at radius 1 is 0.825 bits per heavy atom. The van der Waals surface area contributed by atoms with Gasteiger partial charge in [0.1, 0.15) is 17.2 Å². The van der Waals surface area contributed by atoms with Crippen LogP contribution in [-0.2, 0) is 11.3 Å². The van der Waals surface area contributed by atoms with Crippen molar-refractivity contribution in [1.82, 2.24) is 5.32 Å². The molecule has 1 saturated carbocycles. The molecule has 1 fully saturated rings. The molecule has 0 radical (unpaired) electrons. The molecule has 1 aliphatic rings. The summed E-state index contributed by atoms with van der Waals surface area (Å²) in [6.45, 7) is 0.447. The summed E-state index contributed by atoms with van der Waals surface area (Å²) < 4.78 is 16.5. The van der Waals surface area contributed by atoms with Crippen LogP contribution in [0.4, 0.5) is 0 Å². The molecule has 0 saturated heterocycles. The molecule has 3 aromatic rings. The first kappa shape index (κ1) is 29.5. The van der Waals surface area contributed by atoms with Crippen LogP contribution in [0.5, 0.6) is 17.2 Å². The number of nitrogens with one attached hydrogen (secondary N) is 1. The van der Waals surface area contributed by atoms with E-state index in [4.69, 9.17) is 19.9 Å². The highest BCUT2D eigenvalue weighted by molar-refractivity contribution is 5.77. The van der Waals surface area contributed by atoms with Gasteiger partial charge in [-0.25, -0.2) is 0 Å². The number of benzene rings is 3. The lowest BCUT2D eigenvalue weighted by Crippen LogP contribution is -2.28. The smallest absolute Gasteiger partial charge is 0.258 e. The molecule has 1 atom stereocenters. The van der Waals surface area contributed by atoms with Gasteiger partial charge in [-0.1, -0.05) is 81.3 Å². The first-order valence-electron chi connectivity index (χ1n) is 14.6. The maximum absolute atomic E-state index is 12.4. The minimum Gasteiger partial charge on any atom is -0.497 e. The average Bonchev–Trinajstić information content (AvgIpc) is 3.01. The van der Waals surface area contributed by atoms with Crippen molar-refractivity contribution in [3.8, 4) is 17.2 Å². The summed E-state index contributed by atoms with van der Waals surface area (Å²) in [6, 6.07) is 21.5. The highest BCUT2D eigenvalue weighted by atomic mass is 16.5. The number of nitrogens with two attached hydrogens (primary N) is 1. The second kappa shape index (κ2) is 15.3. The Bertz CT molecular complexity index is 1180. The van der Waals surface area contributed by atoms with Crippen LogP contribution < -0.4 is 25.3 Å². The maximum Gasteiger partial charge on any atom is 0.258 e. The predicted octanol–water partition coefficient (Wildman–Crippen LogP) is 7.06. The first-order valence-corrected chi connectivity index (χ1v) is 14.6. The van der Waals surface area contributed by atoms with Crippen molar-refractivity contribution in [2.45, 2.75) is 76.3 Å². The minimum absolute atomic E-state index is 0.0438. The molecule has 0 aromatic heterocycles. The molecule has 6 heteroatoms. The van der Waals surface area contributed by atoms with E-state index >= 15 is 0 Å². The summed E-state index contributed by atoms with van der Waals surface area (Å²) in [7, 11) is 3.23. The standard InChI is InChI=1S/C34H44N2O4/c1-38-30-20-21-31(32(22-30)39-2)34(35)28-16-18-29(19-17-28)40-24-33(37)36-23-25-12-14-27(15-13-25)26-10-8-6-4-3-5-7-9-11-26/h12-22,26,34H,3-11,23-24,35H2,1-2H3,(H,36,37). The van der Waals surface area contributed by atoms with Crippen molar-refractivity contribution < 1.29 is 19.0 Å². The van der Waals surface area contributed by atoms with Crippen LogP contribution in [-0.4, -0.2) is 26.7 Å². The van der Waals surface area contributed by atoms with Crippen molar-refractivity contribution in [3.05, 3.63) is 89.0 Å². The van der Waals surface area contributed by atoms with Crippen molar-refractivity contribution in [3.63, 3.8) is 0 Å². The summed E-state index contributed by atoms with van der Waals surface area (Å²) in [5, 5.41) is 2.97. The van der Waals surface area contributed by atoms with E-state index in [9.17, 15) is 4.79 Å². The zero-order valence-corrected chi connectivity index (χ0v) is 24.0. The predicted molar refractivity (Wildman–Crippen MR) is 160 cm³/mol. The lowest BCUT2D eigenvalue weighted by molar-refractivity contribution is -0.123. The normalized spacial score (nSPS) is 15.6. The third-order valence-electron chi connectivity index (χ3n) is 7.93. The molecular weight excluding hydrogens is 500 g/mol. The van der Waals surface area contributed by atoms with Gasteiger partial charge in [0.25, 0.3) is 5.91 Å². The van der Waals surface area contributed by atoms with Gasteiger partial charge in [-0.15, -0.1) is 0 Å². The molecule has 214 valence electrons. The monoisotopic (exact) mass is 544 g/mol. The SMILES string of the molecule is COc1ccc(C(N)c2ccc(OCC(=O)NCc3ccc(C4CCCCCCCCC4)cc3)cc2)c(OC)c1. The molecule has 1 amide bonds. The van der Waals surface area contributed by atoms with E-state index in [1.165, 1.54) is 63.4 Å². The number of carbonyl (C=O) groups is 1. The van der Waals surface area contributed by atoms with Crippen molar-refractivity contribution in [1.29, 1.82) is 0 Å². The Morgan fingerprint density at radius 3 is 2.08 bits per heavy atom. The van der Waals surface area contributed by atoms with Gasteiger partial charge < -0.3 is 25.3 Å². The zero-order chi connectivity index (χ0) is 28.2. The number of rotatable bonds is 10. The van der Waals surface area contributed by atoms with Gasteiger partial charge in [-0.3, -0.25) is 4.79 Å². The van der Waals surface area contributed by atoms with E-state index in [0.717, 1.165) is 16.7 Å². The molecule has 40 heavy (non-hydrogen) atoms. The highest BCUT2D eigenvalue weighted by Gasteiger charge is 2.16. The fourth-order valence-electron chi connectivity index (χ4n) is 5.48. The van der Waals surface area contributed by atoms with Crippen LogP contribution in [0.1, 0.15) is 92.0 Å². The molecular formula is C34H44N2O4. The zero-order valence-electron chi connectivity index (χ0n) is 24.0. The van der Waals surface area contributed by atoms with E-state index in [-0.39, 0.29) is 18.6 Å². The Morgan fingerprint density at radius 2 is 1.45 bits per heavy atom. The van der Waals surface area contributed by atoms with E-state index in [1.807, 2.05) is 42.5 Å². The van der Waals surface area contributed by atoms with Gasteiger partial charge in [-0.2, -0.15) is 0 Å². The third-order valence-corrected chi connectivity index (χ3v) is 7.93. The second-order valence-corrected chi connectivity index (χ2v) is 10.7. The van der Waals surface area contributed by atoms with Crippen LogP contribution in [0, 0.1) is 0 Å². The molecule has 0 aliphatic heterocycles. The van der Waals surface area contributed by atoms with Crippen molar-refractivity contribution >= 4 is 5.91 Å². The van der Waals surface area contributed by atoms with Gasteiger partial charge in [0.2, 0.25) is 0 Å². The molecule has 3 N–H and O–H groups in total. The molecule has 1 aliphatic carbocycles. The molecule has 0 bridgehead atoms. The number of hydrogen-bond donors (Lipinski definition) is 2. The van der Waals surface area contributed by atoms with Gasteiger partial charge in [0.05, 0.1) is 20.3 Å². The fraction of sp³-hybridized carbons (Fsp3) is 0.441. The largest absolute Gasteiger partial charge is 0.497 e. The highest BCUT2D eigenvalue weighted by Crippen LogP contribution is 2.32. The van der Waals surface area contributed by atoms with Crippen molar-refractivity contribution in [2.24, 2.45) is 5.73 Å². The Hall–Kier alpha value is -3.51. The number of carbonyl (C=O) groups excluding carboxylic acids is 1. The third kappa shape index (κ3) is 8.49. The quantitative estimate of drug-likeness (QED) is 0.286. The van der Waals surface area contributed by atoms with Crippen LogP contribution in [0.15, 0.2) is 66.7 Å². The van der Waals surface area contributed by atoms with E-state index in [0.29, 0.717) is 29.7 Å². The number of hydrogen-bond acceptors (Lipinski definition) is 5. The van der Waals surface area contributed by atoms with Gasteiger partial charge >= 0.3 is 0 Å². The van der Waals surface area contributed by atoms with Crippen LogP contribution in [0.2, 0.25) is 0 Å². The summed E-state index contributed by atoms with van der Waals surface area (Å²) in [4.78, 5) is 12.4. The summed E-state index contributed by atoms with van der Waals surface area (Å²) >= 11 is 0. The van der Waals surface area contributed by atoms with Gasteiger partial charge in [-0.05, 0) is 59.7 Å². The summed E-state index contributed by atoms with van der Waals surface area (Å²) in [6.07, 6.45) is 12.1. The van der Waals surface area contributed by atoms with Crippen LogP contribution in [0.25, 0.3) is 0 Å². The minimum atomic E-state index is -0.370. The molecule has 1 unspecified atom stereocenters. The number of amides is 1.